The minimum absolute atomic E-state index is 0.392. The van der Waals surface area contributed by atoms with Gasteiger partial charge in [0.15, 0.2) is 0 Å². The van der Waals surface area contributed by atoms with Crippen LogP contribution in [0.2, 0.25) is 0 Å². The standard InChI is InChI=1S/C22H27NO2S/c1-15-12-20(18-10-8-17(15)9-11-18)13-25-22(24)23-16(2)21(14-26)19-6-4-3-5-7-19/h3-7,14,17-18,20,26H,1-2,8-13H2,(H,23,24)/b21-14+. The quantitative estimate of drug-likeness (QED) is 0.404. The smallest absolute Gasteiger partial charge is 0.411 e. The Kier molecular flexibility index (Phi) is 6.25. The van der Waals surface area contributed by atoms with Crippen molar-refractivity contribution in [3.05, 3.63) is 65.7 Å². The molecule has 0 heterocycles. The fourth-order valence-electron chi connectivity index (χ4n) is 4.22. The molecule has 3 saturated carbocycles. The van der Waals surface area contributed by atoms with E-state index in [1.165, 1.54) is 31.3 Å². The molecule has 0 aliphatic heterocycles. The van der Waals surface area contributed by atoms with Gasteiger partial charge >= 0.3 is 6.09 Å². The fourth-order valence-corrected chi connectivity index (χ4v) is 4.52. The van der Waals surface area contributed by atoms with Gasteiger partial charge < -0.3 is 4.74 Å². The molecule has 0 saturated heterocycles. The van der Waals surface area contributed by atoms with Crippen molar-refractivity contribution in [2.75, 3.05) is 6.61 Å². The summed E-state index contributed by atoms with van der Waals surface area (Å²) in [6.07, 6.45) is 5.48. The first kappa shape index (κ1) is 18.8. The number of carbonyl (C=O) groups is 1. The zero-order valence-corrected chi connectivity index (χ0v) is 16.0. The molecule has 3 aliphatic rings. The van der Waals surface area contributed by atoms with E-state index < -0.39 is 6.09 Å². The van der Waals surface area contributed by atoms with Crippen LogP contribution in [0.15, 0.2) is 60.2 Å². The maximum absolute atomic E-state index is 12.3. The van der Waals surface area contributed by atoms with Crippen molar-refractivity contribution >= 4 is 24.3 Å². The van der Waals surface area contributed by atoms with E-state index in [1.54, 1.807) is 5.41 Å². The minimum Gasteiger partial charge on any atom is -0.449 e. The van der Waals surface area contributed by atoms with Crippen LogP contribution >= 0.6 is 12.6 Å². The number of benzene rings is 1. The highest BCUT2D eigenvalue weighted by Crippen LogP contribution is 2.44. The van der Waals surface area contributed by atoms with Crippen LogP contribution in [0.25, 0.3) is 5.57 Å². The summed E-state index contributed by atoms with van der Waals surface area (Å²) in [5, 5.41) is 4.39. The van der Waals surface area contributed by atoms with Crippen LogP contribution in [-0.4, -0.2) is 12.7 Å². The van der Waals surface area contributed by atoms with Gasteiger partial charge in [0.1, 0.15) is 0 Å². The molecule has 4 rings (SSSR count). The predicted molar refractivity (Wildman–Crippen MR) is 110 cm³/mol. The molecule has 1 N–H and O–H groups in total. The third kappa shape index (κ3) is 4.42. The fraction of sp³-hybridized carbons (Fsp3) is 0.409. The van der Waals surface area contributed by atoms with E-state index in [9.17, 15) is 4.79 Å². The van der Waals surface area contributed by atoms with Gasteiger partial charge in [-0.25, -0.2) is 4.79 Å². The molecule has 3 fully saturated rings. The number of ether oxygens (including phenoxy) is 1. The molecule has 1 atom stereocenters. The van der Waals surface area contributed by atoms with Gasteiger partial charge in [-0.1, -0.05) is 49.1 Å². The third-order valence-corrected chi connectivity index (χ3v) is 6.02. The maximum atomic E-state index is 12.3. The molecule has 2 bridgehead atoms. The first-order valence-electron chi connectivity index (χ1n) is 9.29. The molecule has 1 amide bonds. The van der Waals surface area contributed by atoms with Crippen LogP contribution in [0, 0.1) is 17.8 Å². The van der Waals surface area contributed by atoms with Gasteiger partial charge in [-0.3, -0.25) is 5.32 Å². The van der Waals surface area contributed by atoms with Crippen LogP contribution < -0.4 is 5.32 Å². The van der Waals surface area contributed by atoms with Gasteiger partial charge in [-0.15, -0.1) is 0 Å². The van der Waals surface area contributed by atoms with Crippen LogP contribution in [0.1, 0.15) is 37.7 Å². The van der Waals surface area contributed by atoms with Crippen molar-refractivity contribution in [1.82, 2.24) is 5.32 Å². The Morgan fingerprint density at radius 3 is 2.58 bits per heavy atom. The number of alkyl carbamates (subject to hydrolysis) is 1. The van der Waals surface area contributed by atoms with E-state index in [0.717, 1.165) is 17.6 Å². The van der Waals surface area contributed by atoms with Crippen LogP contribution in [0.5, 0.6) is 0 Å². The first-order chi connectivity index (χ1) is 12.6. The van der Waals surface area contributed by atoms with Gasteiger partial charge in [0.05, 0.1) is 6.61 Å². The van der Waals surface area contributed by atoms with Gasteiger partial charge in [0, 0.05) is 11.3 Å². The lowest BCUT2D eigenvalue weighted by atomic mass is 9.80. The van der Waals surface area contributed by atoms with Crippen molar-refractivity contribution in [1.29, 1.82) is 0 Å². The molecule has 1 unspecified atom stereocenters. The average molecular weight is 370 g/mol. The Morgan fingerprint density at radius 1 is 1.23 bits per heavy atom. The van der Waals surface area contributed by atoms with Crippen molar-refractivity contribution < 1.29 is 9.53 Å². The zero-order valence-electron chi connectivity index (χ0n) is 15.1. The maximum Gasteiger partial charge on any atom is 0.411 e. The molecule has 0 spiro atoms. The van der Waals surface area contributed by atoms with Gasteiger partial charge in [0.25, 0.3) is 0 Å². The number of hydrogen-bond acceptors (Lipinski definition) is 3. The highest BCUT2D eigenvalue weighted by atomic mass is 32.1. The number of thiol groups is 1. The zero-order chi connectivity index (χ0) is 18.5. The second kappa shape index (κ2) is 8.63. The lowest BCUT2D eigenvalue weighted by molar-refractivity contribution is 0.107. The van der Waals surface area contributed by atoms with Crippen molar-refractivity contribution in [3.63, 3.8) is 0 Å². The molecule has 0 radical (unpaired) electrons. The summed E-state index contributed by atoms with van der Waals surface area (Å²) in [4.78, 5) is 12.3. The Hall–Kier alpha value is -1.94. The molecule has 3 aliphatic carbocycles. The molecular formula is C22H27NO2S. The van der Waals surface area contributed by atoms with Crippen LogP contribution in [0.4, 0.5) is 4.79 Å². The van der Waals surface area contributed by atoms with E-state index in [4.69, 9.17) is 4.74 Å². The Morgan fingerprint density at radius 2 is 1.92 bits per heavy atom. The molecule has 3 nitrogen and oxygen atoms in total. The number of rotatable bonds is 5. The molecule has 26 heavy (non-hydrogen) atoms. The average Bonchev–Trinajstić information content (AvgIpc) is 2.90. The monoisotopic (exact) mass is 369 g/mol. The van der Waals surface area contributed by atoms with Gasteiger partial charge in [-0.2, -0.15) is 12.6 Å². The predicted octanol–water partition coefficient (Wildman–Crippen LogP) is 5.58. The lowest BCUT2D eigenvalue weighted by Gasteiger charge is -2.27. The molecule has 1 aromatic carbocycles. The number of allylic oxidation sites excluding steroid dienone is 2. The SMILES string of the molecule is C=C(NC(=O)OCC1CC(=C)C2CCC1CC2)/C(=C\S)c1ccccc1. The molecule has 0 aromatic heterocycles. The summed E-state index contributed by atoms with van der Waals surface area (Å²) in [7, 11) is 0. The molecule has 4 heteroatoms. The van der Waals surface area contributed by atoms with E-state index in [1.807, 2.05) is 30.3 Å². The Labute approximate surface area is 161 Å². The van der Waals surface area contributed by atoms with Crippen molar-refractivity contribution in [2.24, 2.45) is 17.8 Å². The van der Waals surface area contributed by atoms with E-state index in [0.29, 0.717) is 30.1 Å². The highest BCUT2D eigenvalue weighted by molar-refractivity contribution is 7.83. The topological polar surface area (TPSA) is 38.3 Å². The van der Waals surface area contributed by atoms with Crippen molar-refractivity contribution in [3.8, 4) is 0 Å². The number of nitrogens with one attached hydrogen (secondary N) is 1. The largest absolute Gasteiger partial charge is 0.449 e. The summed E-state index contributed by atoms with van der Waals surface area (Å²) < 4.78 is 5.53. The molecule has 1 aromatic rings. The van der Waals surface area contributed by atoms with E-state index in [-0.39, 0.29) is 0 Å². The van der Waals surface area contributed by atoms with E-state index in [2.05, 4.69) is 31.1 Å². The Balaban J connectivity index is 1.54. The minimum atomic E-state index is -0.456. The van der Waals surface area contributed by atoms with Crippen molar-refractivity contribution in [2.45, 2.75) is 32.1 Å². The van der Waals surface area contributed by atoms with E-state index >= 15 is 0 Å². The van der Waals surface area contributed by atoms with Crippen LogP contribution in [-0.2, 0) is 4.74 Å². The summed E-state index contributed by atoms with van der Waals surface area (Å²) in [6.45, 7) is 8.66. The highest BCUT2D eigenvalue weighted by Gasteiger charge is 2.34. The normalized spacial score (nSPS) is 25.5. The first-order valence-corrected chi connectivity index (χ1v) is 9.80. The lowest BCUT2D eigenvalue weighted by Crippen LogP contribution is -2.28. The second-order valence-electron chi connectivity index (χ2n) is 7.34. The summed E-state index contributed by atoms with van der Waals surface area (Å²) in [5.74, 6) is 1.72. The Bertz CT molecular complexity index is 702. The summed E-state index contributed by atoms with van der Waals surface area (Å²) in [5.41, 5.74) is 3.55. The second-order valence-corrected chi connectivity index (χ2v) is 7.60. The summed E-state index contributed by atoms with van der Waals surface area (Å²) >= 11 is 4.25. The van der Waals surface area contributed by atoms with Gasteiger partial charge in [-0.05, 0) is 60.8 Å². The number of amides is 1. The number of fused-ring (bicyclic) bond motifs is 4. The van der Waals surface area contributed by atoms with Crippen LogP contribution in [0.3, 0.4) is 0 Å². The number of carbonyl (C=O) groups excluding carboxylic acids is 1. The molecular weight excluding hydrogens is 342 g/mol. The van der Waals surface area contributed by atoms with Gasteiger partial charge in [0.2, 0.25) is 0 Å². The molecule has 138 valence electrons. The summed E-state index contributed by atoms with van der Waals surface area (Å²) in [6, 6.07) is 9.72. The third-order valence-electron chi connectivity index (χ3n) is 5.76. The number of hydrogen-bond donors (Lipinski definition) is 2.